The molecule has 8 heteroatoms. The Labute approximate surface area is 97.8 Å². The summed E-state index contributed by atoms with van der Waals surface area (Å²) in [4.78, 5) is 10.5. The maximum atomic E-state index is 10.5. The Morgan fingerprint density at radius 1 is 1.47 bits per heavy atom. The molecule has 0 aliphatic rings. The van der Waals surface area contributed by atoms with E-state index in [-0.39, 0.29) is 12.2 Å². The summed E-state index contributed by atoms with van der Waals surface area (Å²) in [6, 6.07) is 4.54. The highest BCUT2D eigenvalue weighted by atomic mass is 32.3. The zero-order chi connectivity index (χ0) is 13.1. The van der Waals surface area contributed by atoms with E-state index in [4.69, 9.17) is 15.4 Å². The van der Waals surface area contributed by atoms with Crippen molar-refractivity contribution in [3.05, 3.63) is 29.8 Å². The summed E-state index contributed by atoms with van der Waals surface area (Å²) in [6.45, 7) is 0. The molecule has 0 saturated carbocycles. The first-order chi connectivity index (χ1) is 7.78. The minimum atomic E-state index is -4.59. The third-order valence-corrected chi connectivity index (χ3v) is 2.28. The second kappa shape index (κ2) is 5.13. The second-order valence-corrected chi connectivity index (χ2v) is 4.33. The first-order valence-electron chi connectivity index (χ1n) is 4.52. The number of benzene rings is 1. The fourth-order valence-electron chi connectivity index (χ4n) is 1.19. The monoisotopic (exact) mass is 261 g/mol. The molecule has 1 unspecified atom stereocenters. The van der Waals surface area contributed by atoms with Crippen molar-refractivity contribution in [3.63, 3.8) is 0 Å². The van der Waals surface area contributed by atoms with Crippen molar-refractivity contribution in [3.8, 4) is 5.75 Å². The molecule has 0 amide bonds. The molecule has 7 nitrogen and oxygen atoms in total. The van der Waals surface area contributed by atoms with Gasteiger partial charge in [0.15, 0.2) is 0 Å². The van der Waals surface area contributed by atoms with Gasteiger partial charge in [-0.25, -0.2) is 0 Å². The SMILES string of the molecule is NC(Cc1cccc(OS(=O)(=O)O)c1)C(=O)O. The normalized spacial score (nSPS) is 13.1. The van der Waals surface area contributed by atoms with Gasteiger partial charge >= 0.3 is 16.4 Å². The van der Waals surface area contributed by atoms with Gasteiger partial charge in [0.2, 0.25) is 0 Å². The molecular formula is C9H11NO6S. The summed E-state index contributed by atoms with van der Waals surface area (Å²) in [6.07, 6.45) is 0.0258. The van der Waals surface area contributed by atoms with Crippen molar-refractivity contribution in [2.24, 2.45) is 5.73 Å². The quantitative estimate of drug-likeness (QED) is 0.627. The van der Waals surface area contributed by atoms with Gasteiger partial charge in [0.1, 0.15) is 11.8 Å². The highest BCUT2D eigenvalue weighted by molar-refractivity contribution is 7.81. The molecule has 0 aromatic heterocycles. The van der Waals surface area contributed by atoms with E-state index in [1.807, 2.05) is 0 Å². The Morgan fingerprint density at radius 2 is 2.12 bits per heavy atom. The van der Waals surface area contributed by atoms with E-state index in [9.17, 15) is 13.2 Å². The first kappa shape index (κ1) is 13.4. The van der Waals surface area contributed by atoms with Crippen molar-refractivity contribution in [2.45, 2.75) is 12.5 Å². The van der Waals surface area contributed by atoms with Gasteiger partial charge in [-0.05, 0) is 24.1 Å². The molecular weight excluding hydrogens is 250 g/mol. The molecule has 0 aliphatic heterocycles. The Hall–Kier alpha value is -1.64. The molecule has 0 bridgehead atoms. The standard InChI is InChI=1S/C9H11NO6S/c10-8(9(11)12)5-6-2-1-3-7(4-6)16-17(13,14)15/h1-4,8H,5,10H2,(H,11,12)(H,13,14,15). The van der Waals surface area contributed by atoms with Gasteiger partial charge in [-0.2, -0.15) is 8.42 Å². The van der Waals surface area contributed by atoms with Gasteiger partial charge in [-0.15, -0.1) is 0 Å². The minimum absolute atomic E-state index is 0.0258. The predicted octanol–water partition coefficient (Wildman–Crippen LogP) is -0.177. The number of hydrogen-bond donors (Lipinski definition) is 3. The van der Waals surface area contributed by atoms with Crippen LogP contribution in [-0.4, -0.2) is 30.1 Å². The van der Waals surface area contributed by atoms with Crippen molar-refractivity contribution in [2.75, 3.05) is 0 Å². The molecule has 1 aromatic carbocycles. The number of rotatable bonds is 5. The third-order valence-electron chi connectivity index (χ3n) is 1.87. The number of carboxylic acids is 1. The lowest BCUT2D eigenvalue weighted by molar-refractivity contribution is -0.138. The molecule has 1 atom stereocenters. The van der Waals surface area contributed by atoms with Crippen LogP contribution in [0.4, 0.5) is 0 Å². The van der Waals surface area contributed by atoms with Crippen molar-refractivity contribution in [1.29, 1.82) is 0 Å². The van der Waals surface area contributed by atoms with Crippen LogP contribution in [0.5, 0.6) is 5.75 Å². The van der Waals surface area contributed by atoms with Crippen LogP contribution in [0.15, 0.2) is 24.3 Å². The van der Waals surface area contributed by atoms with E-state index in [1.165, 1.54) is 18.2 Å². The Morgan fingerprint density at radius 3 is 2.65 bits per heavy atom. The lowest BCUT2D eigenvalue weighted by Crippen LogP contribution is -2.32. The number of carboxylic acid groups (broad SMARTS) is 1. The highest BCUT2D eigenvalue weighted by Gasteiger charge is 2.13. The van der Waals surface area contributed by atoms with Crippen molar-refractivity contribution in [1.82, 2.24) is 0 Å². The summed E-state index contributed by atoms with van der Waals surface area (Å²) in [5, 5.41) is 8.61. The molecule has 1 rings (SSSR count). The van der Waals surface area contributed by atoms with Gasteiger partial charge in [0, 0.05) is 0 Å². The highest BCUT2D eigenvalue weighted by Crippen LogP contribution is 2.15. The van der Waals surface area contributed by atoms with Gasteiger partial charge in [0.05, 0.1) is 0 Å². The summed E-state index contributed by atoms with van der Waals surface area (Å²) >= 11 is 0. The molecule has 0 spiro atoms. The fraction of sp³-hybridized carbons (Fsp3) is 0.222. The number of carbonyl (C=O) groups is 1. The molecule has 17 heavy (non-hydrogen) atoms. The molecule has 1 aromatic rings. The van der Waals surface area contributed by atoms with Crippen LogP contribution in [-0.2, 0) is 21.6 Å². The molecule has 0 saturated heterocycles. The van der Waals surface area contributed by atoms with E-state index >= 15 is 0 Å². The lowest BCUT2D eigenvalue weighted by Gasteiger charge is -2.07. The minimum Gasteiger partial charge on any atom is -0.480 e. The molecule has 0 aliphatic carbocycles. The summed E-state index contributed by atoms with van der Waals surface area (Å²) in [5.41, 5.74) is 5.80. The van der Waals surface area contributed by atoms with Crippen LogP contribution in [0.1, 0.15) is 5.56 Å². The lowest BCUT2D eigenvalue weighted by atomic mass is 10.1. The fourth-order valence-corrected chi connectivity index (χ4v) is 1.53. The van der Waals surface area contributed by atoms with Crippen molar-refractivity contribution >= 4 is 16.4 Å². The van der Waals surface area contributed by atoms with Crippen LogP contribution >= 0.6 is 0 Å². The van der Waals surface area contributed by atoms with E-state index in [2.05, 4.69) is 4.18 Å². The smallest absolute Gasteiger partial charge is 0.446 e. The van der Waals surface area contributed by atoms with E-state index in [1.54, 1.807) is 6.07 Å². The Kier molecular flexibility index (Phi) is 4.05. The number of nitrogens with two attached hydrogens (primary N) is 1. The predicted molar refractivity (Wildman–Crippen MR) is 57.9 cm³/mol. The summed E-state index contributed by atoms with van der Waals surface area (Å²) in [5.74, 6) is -1.27. The second-order valence-electron chi connectivity index (χ2n) is 3.31. The van der Waals surface area contributed by atoms with Crippen molar-refractivity contribution < 1.29 is 27.1 Å². The Bertz CT molecular complexity index is 512. The van der Waals surface area contributed by atoms with Crippen LogP contribution in [0.2, 0.25) is 0 Å². The molecule has 0 fully saturated rings. The Balaban J connectivity index is 2.83. The van der Waals surface area contributed by atoms with Gasteiger partial charge in [-0.3, -0.25) is 9.35 Å². The topological polar surface area (TPSA) is 127 Å². The maximum Gasteiger partial charge on any atom is 0.446 e. The molecule has 94 valence electrons. The third kappa shape index (κ3) is 4.81. The number of aliphatic carboxylic acids is 1. The maximum absolute atomic E-state index is 10.5. The average Bonchev–Trinajstić information content (AvgIpc) is 2.15. The van der Waals surface area contributed by atoms with E-state index < -0.39 is 22.4 Å². The molecule has 0 heterocycles. The largest absolute Gasteiger partial charge is 0.480 e. The average molecular weight is 261 g/mol. The van der Waals surface area contributed by atoms with Crippen LogP contribution in [0.25, 0.3) is 0 Å². The summed E-state index contributed by atoms with van der Waals surface area (Å²) in [7, 11) is -4.59. The van der Waals surface area contributed by atoms with Crippen LogP contribution < -0.4 is 9.92 Å². The molecule has 4 N–H and O–H groups in total. The zero-order valence-corrected chi connectivity index (χ0v) is 9.42. The zero-order valence-electron chi connectivity index (χ0n) is 8.61. The van der Waals surface area contributed by atoms with Gasteiger partial charge < -0.3 is 15.0 Å². The van der Waals surface area contributed by atoms with Gasteiger partial charge in [-0.1, -0.05) is 12.1 Å². The van der Waals surface area contributed by atoms with Crippen LogP contribution in [0, 0.1) is 0 Å². The van der Waals surface area contributed by atoms with E-state index in [0.29, 0.717) is 5.56 Å². The molecule has 0 radical (unpaired) electrons. The van der Waals surface area contributed by atoms with E-state index in [0.717, 1.165) is 0 Å². The summed E-state index contributed by atoms with van der Waals surface area (Å²) < 4.78 is 33.6. The first-order valence-corrected chi connectivity index (χ1v) is 5.88. The van der Waals surface area contributed by atoms with Crippen LogP contribution in [0.3, 0.4) is 0 Å². The number of hydrogen-bond acceptors (Lipinski definition) is 5. The van der Waals surface area contributed by atoms with Gasteiger partial charge in [0.25, 0.3) is 0 Å².